The molecule has 0 saturated carbocycles. The summed E-state index contributed by atoms with van der Waals surface area (Å²) in [5, 5.41) is 10.6. The summed E-state index contributed by atoms with van der Waals surface area (Å²) in [6, 6.07) is 7.07. The summed E-state index contributed by atoms with van der Waals surface area (Å²) < 4.78 is 5.36. The van der Waals surface area contributed by atoms with Gasteiger partial charge in [0.25, 0.3) is 0 Å². The molecule has 1 aromatic heterocycles. The van der Waals surface area contributed by atoms with Crippen LogP contribution >= 0.6 is 11.6 Å². The Bertz CT molecular complexity index is 604. The maximum absolute atomic E-state index is 10.9. The van der Waals surface area contributed by atoms with Crippen molar-refractivity contribution in [2.75, 3.05) is 0 Å². The molecule has 2 aromatic rings. The summed E-state index contributed by atoms with van der Waals surface area (Å²) in [6.07, 6.45) is 1.11. The van der Waals surface area contributed by atoms with Gasteiger partial charge >= 0.3 is 11.6 Å². The predicted octanol–water partition coefficient (Wildman–Crippen LogP) is 3.14. The molecule has 6 nitrogen and oxygen atoms in total. The lowest BCUT2D eigenvalue weighted by Gasteiger charge is -2.05. The topological polar surface area (TPSA) is 78.2 Å². The smallest absolute Gasteiger partial charge is 0.368 e. The van der Waals surface area contributed by atoms with Crippen molar-refractivity contribution in [2.24, 2.45) is 0 Å². The number of nitro groups is 1. The monoisotopic (exact) mass is 265 g/mol. The van der Waals surface area contributed by atoms with Gasteiger partial charge < -0.3 is 4.74 Å². The van der Waals surface area contributed by atoms with Crippen molar-refractivity contribution < 1.29 is 9.66 Å². The van der Waals surface area contributed by atoms with Crippen molar-refractivity contribution >= 4 is 17.3 Å². The van der Waals surface area contributed by atoms with E-state index in [0.29, 0.717) is 5.75 Å². The molecule has 0 atom stereocenters. The normalized spacial score (nSPS) is 10.1. The molecule has 18 heavy (non-hydrogen) atoms. The maximum atomic E-state index is 10.9. The number of hydrogen-bond donors (Lipinski definition) is 0. The molecule has 7 heteroatoms. The second-order valence-electron chi connectivity index (χ2n) is 3.49. The van der Waals surface area contributed by atoms with E-state index < -0.39 is 10.6 Å². The molecule has 0 aliphatic heterocycles. The lowest BCUT2D eigenvalue weighted by Crippen LogP contribution is -1.98. The SMILES string of the molecule is Cc1cccc(Oc2ncnc(Cl)c2[N+](=O)[O-])c1. The average molecular weight is 266 g/mol. The summed E-state index contributed by atoms with van der Waals surface area (Å²) in [4.78, 5) is 17.5. The van der Waals surface area contributed by atoms with Crippen molar-refractivity contribution in [2.45, 2.75) is 6.92 Å². The van der Waals surface area contributed by atoms with E-state index in [9.17, 15) is 10.1 Å². The van der Waals surface area contributed by atoms with Crippen LogP contribution in [-0.4, -0.2) is 14.9 Å². The van der Waals surface area contributed by atoms with E-state index in [2.05, 4.69) is 9.97 Å². The van der Waals surface area contributed by atoms with E-state index in [1.54, 1.807) is 18.2 Å². The summed E-state index contributed by atoms with van der Waals surface area (Å²) >= 11 is 5.65. The zero-order valence-corrected chi connectivity index (χ0v) is 10.1. The molecular formula is C11H8ClN3O3. The Labute approximate surface area is 107 Å². The fraction of sp³-hybridized carbons (Fsp3) is 0.0909. The quantitative estimate of drug-likeness (QED) is 0.484. The molecule has 0 amide bonds. The summed E-state index contributed by atoms with van der Waals surface area (Å²) in [7, 11) is 0. The third-order valence-electron chi connectivity index (χ3n) is 2.13. The third kappa shape index (κ3) is 2.54. The minimum absolute atomic E-state index is 0.175. The van der Waals surface area contributed by atoms with E-state index >= 15 is 0 Å². The fourth-order valence-electron chi connectivity index (χ4n) is 1.36. The largest absolute Gasteiger partial charge is 0.434 e. The van der Waals surface area contributed by atoms with Crippen molar-refractivity contribution in [3.8, 4) is 11.6 Å². The Hall–Kier alpha value is -2.21. The van der Waals surface area contributed by atoms with Crippen LogP contribution in [0.25, 0.3) is 0 Å². The van der Waals surface area contributed by atoms with Crippen molar-refractivity contribution in [1.82, 2.24) is 9.97 Å². The summed E-state index contributed by atoms with van der Waals surface area (Å²) in [5.41, 5.74) is 0.524. The molecule has 1 heterocycles. The third-order valence-corrected chi connectivity index (χ3v) is 2.41. The number of aromatic nitrogens is 2. The molecule has 0 spiro atoms. The molecule has 0 aliphatic carbocycles. The van der Waals surface area contributed by atoms with Gasteiger partial charge in [0, 0.05) is 0 Å². The second-order valence-corrected chi connectivity index (χ2v) is 3.85. The molecule has 0 unspecified atom stereocenters. The average Bonchev–Trinajstić information content (AvgIpc) is 2.28. The number of rotatable bonds is 3. The second kappa shape index (κ2) is 4.97. The predicted molar refractivity (Wildman–Crippen MR) is 64.9 cm³/mol. The molecule has 0 N–H and O–H groups in total. The van der Waals surface area contributed by atoms with Gasteiger partial charge in [0.2, 0.25) is 5.15 Å². The number of halogens is 1. The first-order valence-corrected chi connectivity index (χ1v) is 5.35. The Kier molecular flexibility index (Phi) is 3.38. The number of hydrogen-bond acceptors (Lipinski definition) is 5. The van der Waals surface area contributed by atoms with Crippen LogP contribution < -0.4 is 4.74 Å². The molecule has 0 aliphatic rings. The van der Waals surface area contributed by atoms with Gasteiger partial charge in [-0.05, 0) is 24.6 Å². The van der Waals surface area contributed by atoms with E-state index in [4.69, 9.17) is 16.3 Å². The van der Waals surface area contributed by atoms with Crippen LogP contribution in [0.5, 0.6) is 11.6 Å². The zero-order chi connectivity index (χ0) is 13.1. The van der Waals surface area contributed by atoms with E-state index in [0.717, 1.165) is 11.9 Å². The number of benzene rings is 1. The van der Waals surface area contributed by atoms with Crippen LogP contribution in [0.3, 0.4) is 0 Å². The Morgan fingerprint density at radius 2 is 2.17 bits per heavy atom. The van der Waals surface area contributed by atoms with Crippen LogP contribution in [0, 0.1) is 17.0 Å². The minimum atomic E-state index is -0.673. The highest BCUT2D eigenvalue weighted by atomic mass is 35.5. The van der Waals surface area contributed by atoms with Gasteiger partial charge in [-0.15, -0.1) is 0 Å². The van der Waals surface area contributed by atoms with E-state index in [1.807, 2.05) is 13.0 Å². The minimum Gasteiger partial charge on any atom is -0.434 e. The first-order valence-electron chi connectivity index (χ1n) is 4.97. The number of aryl methyl sites for hydroxylation is 1. The zero-order valence-electron chi connectivity index (χ0n) is 9.33. The van der Waals surface area contributed by atoms with E-state index in [-0.39, 0.29) is 11.0 Å². The molecule has 1 aromatic carbocycles. The summed E-state index contributed by atoms with van der Waals surface area (Å²) in [5.74, 6) is 0.276. The standard InChI is InChI=1S/C11H8ClN3O3/c1-7-3-2-4-8(5-7)18-11-9(15(16)17)10(12)13-6-14-11/h2-6H,1H3. The first-order chi connectivity index (χ1) is 8.58. The fourth-order valence-corrected chi connectivity index (χ4v) is 1.55. The molecule has 0 saturated heterocycles. The molecule has 92 valence electrons. The van der Waals surface area contributed by atoms with Gasteiger partial charge in [0.15, 0.2) is 0 Å². The van der Waals surface area contributed by atoms with Gasteiger partial charge in [-0.1, -0.05) is 23.7 Å². The van der Waals surface area contributed by atoms with Crippen LogP contribution in [-0.2, 0) is 0 Å². The highest BCUT2D eigenvalue weighted by molar-refractivity contribution is 6.31. The lowest BCUT2D eigenvalue weighted by atomic mass is 10.2. The van der Waals surface area contributed by atoms with Gasteiger partial charge in [0.1, 0.15) is 12.1 Å². The van der Waals surface area contributed by atoms with Gasteiger partial charge in [-0.3, -0.25) is 10.1 Å². The molecular weight excluding hydrogens is 258 g/mol. The molecule has 0 fully saturated rings. The van der Waals surface area contributed by atoms with Crippen LogP contribution in [0.4, 0.5) is 5.69 Å². The van der Waals surface area contributed by atoms with Crippen LogP contribution in [0.15, 0.2) is 30.6 Å². The Balaban J connectivity index is 2.40. The van der Waals surface area contributed by atoms with Crippen molar-refractivity contribution in [3.05, 3.63) is 51.4 Å². The molecule has 2 rings (SSSR count). The highest BCUT2D eigenvalue weighted by Crippen LogP contribution is 2.33. The maximum Gasteiger partial charge on any atom is 0.368 e. The number of ether oxygens (including phenoxy) is 1. The first kappa shape index (κ1) is 12.3. The van der Waals surface area contributed by atoms with Gasteiger partial charge in [-0.25, -0.2) is 4.98 Å². The van der Waals surface area contributed by atoms with Gasteiger partial charge in [0.05, 0.1) is 4.92 Å². The highest BCUT2D eigenvalue weighted by Gasteiger charge is 2.23. The van der Waals surface area contributed by atoms with Crippen LogP contribution in [0.2, 0.25) is 5.15 Å². The van der Waals surface area contributed by atoms with E-state index in [1.165, 1.54) is 0 Å². The number of nitrogens with zero attached hydrogens (tertiary/aromatic N) is 3. The van der Waals surface area contributed by atoms with Crippen molar-refractivity contribution in [1.29, 1.82) is 0 Å². The Morgan fingerprint density at radius 3 is 2.83 bits per heavy atom. The summed E-state index contributed by atoms with van der Waals surface area (Å²) in [6.45, 7) is 1.88. The van der Waals surface area contributed by atoms with Crippen LogP contribution in [0.1, 0.15) is 5.56 Å². The Morgan fingerprint density at radius 1 is 1.39 bits per heavy atom. The molecule has 0 radical (unpaired) electrons. The lowest BCUT2D eigenvalue weighted by molar-refractivity contribution is -0.386. The van der Waals surface area contributed by atoms with Gasteiger partial charge in [-0.2, -0.15) is 4.98 Å². The van der Waals surface area contributed by atoms with Crippen molar-refractivity contribution in [3.63, 3.8) is 0 Å². The molecule has 0 bridgehead atoms.